The van der Waals surface area contributed by atoms with Gasteiger partial charge in [-0.25, -0.2) is 19.3 Å². The lowest BCUT2D eigenvalue weighted by Gasteiger charge is -2.23. The lowest BCUT2D eigenvalue weighted by atomic mass is 10.1. The van der Waals surface area contributed by atoms with Crippen LogP contribution in [0, 0.1) is 5.82 Å². The molecular weight excluding hydrogens is 371 g/mol. The first kappa shape index (κ1) is 18.0. The molecular formula is C17H18FN6O2S-. The minimum Gasteiger partial charge on any atom is -0.772 e. The molecule has 1 saturated heterocycles. The molecule has 3 heterocycles. The molecule has 1 aromatic carbocycles. The number of fused-ring (bicyclic) bond motifs is 1. The number of hydrogen-bond donors (Lipinski definition) is 2. The summed E-state index contributed by atoms with van der Waals surface area (Å²) in [6, 6.07) is 4.58. The number of hydrogen-bond acceptors (Lipinski definition) is 7. The zero-order valence-corrected chi connectivity index (χ0v) is 15.2. The molecule has 3 aromatic rings. The molecule has 0 spiro atoms. The summed E-state index contributed by atoms with van der Waals surface area (Å²) in [6.07, 6.45) is 5.17. The highest BCUT2D eigenvalue weighted by Gasteiger charge is 2.19. The van der Waals surface area contributed by atoms with E-state index in [1.807, 2.05) is 4.57 Å². The lowest BCUT2D eigenvalue weighted by molar-refractivity contribution is 0.373. The topological polar surface area (TPSA) is 108 Å². The van der Waals surface area contributed by atoms with Gasteiger partial charge in [0.1, 0.15) is 12.1 Å². The third-order valence-electron chi connectivity index (χ3n) is 4.63. The van der Waals surface area contributed by atoms with E-state index in [1.54, 1.807) is 12.4 Å². The van der Waals surface area contributed by atoms with Crippen molar-refractivity contribution in [1.82, 2.24) is 24.8 Å². The molecule has 2 N–H and O–H groups in total. The average Bonchev–Trinajstić information content (AvgIpc) is 3.09. The minimum atomic E-state index is -2.26. The van der Waals surface area contributed by atoms with Gasteiger partial charge in [0, 0.05) is 11.8 Å². The number of nitrogens with one attached hydrogen (secondary N) is 2. The van der Waals surface area contributed by atoms with Crippen LogP contribution in [0.15, 0.2) is 30.9 Å². The molecule has 8 nitrogen and oxygen atoms in total. The van der Waals surface area contributed by atoms with Crippen LogP contribution >= 0.6 is 0 Å². The second-order valence-electron chi connectivity index (χ2n) is 6.41. The summed E-state index contributed by atoms with van der Waals surface area (Å²) in [5.41, 5.74) is 1.86. The van der Waals surface area contributed by atoms with Crippen molar-refractivity contribution in [2.45, 2.75) is 24.6 Å². The first-order chi connectivity index (χ1) is 13.1. The molecule has 1 aliphatic rings. The monoisotopic (exact) mass is 389 g/mol. The number of anilines is 2. The van der Waals surface area contributed by atoms with Crippen LogP contribution in [0.1, 0.15) is 24.4 Å². The summed E-state index contributed by atoms with van der Waals surface area (Å²) >= 11 is -2.26. The van der Waals surface area contributed by atoms with Crippen molar-refractivity contribution >= 4 is 33.7 Å². The number of halogens is 1. The summed E-state index contributed by atoms with van der Waals surface area (Å²) < 4.78 is 37.9. The van der Waals surface area contributed by atoms with Crippen molar-refractivity contribution in [1.29, 1.82) is 0 Å². The van der Waals surface area contributed by atoms with Gasteiger partial charge in [-0.15, -0.1) is 0 Å². The van der Waals surface area contributed by atoms with E-state index >= 15 is 0 Å². The first-order valence-electron chi connectivity index (χ1n) is 8.61. The Labute approximate surface area is 157 Å². The number of benzene rings is 1. The fourth-order valence-corrected chi connectivity index (χ4v) is 3.76. The van der Waals surface area contributed by atoms with E-state index in [2.05, 4.69) is 25.6 Å². The standard InChI is InChI=1S/C17H19FN6O2S/c18-13-7-11(8-27(25)26)1-2-14(13)23-16-15-17(21-9-20-16)24(10-22-15)12-3-5-19-6-4-12/h1-2,7,9-10,12,19H,3-6,8H2,(H,25,26)(H,20,21,23)/p-1. The van der Waals surface area contributed by atoms with Crippen molar-refractivity contribution in [2.75, 3.05) is 18.4 Å². The van der Waals surface area contributed by atoms with Gasteiger partial charge < -0.3 is 19.8 Å². The minimum absolute atomic E-state index is 0.201. The van der Waals surface area contributed by atoms with Gasteiger partial charge in [0.2, 0.25) is 0 Å². The molecule has 0 amide bonds. The Morgan fingerprint density at radius 1 is 1.30 bits per heavy atom. The zero-order valence-electron chi connectivity index (χ0n) is 14.4. The largest absolute Gasteiger partial charge is 0.772 e. The van der Waals surface area contributed by atoms with Gasteiger partial charge in [-0.2, -0.15) is 0 Å². The predicted molar refractivity (Wildman–Crippen MR) is 98.8 cm³/mol. The maximum absolute atomic E-state index is 14.3. The van der Waals surface area contributed by atoms with Gasteiger partial charge in [-0.3, -0.25) is 4.21 Å². The SMILES string of the molecule is O=S([O-])Cc1ccc(Nc2ncnc3c2ncn3C2CCNCC2)c(F)c1. The molecule has 0 saturated carbocycles. The average molecular weight is 389 g/mol. The quantitative estimate of drug-likeness (QED) is 0.643. The Kier molecular flexibility index (Phi) is 5.10. The van der Waals surface area contributed by atoms with Crippen LogP contribution in [0.5, 0.6) is 0 Å². The predicted octanol–water partition coefficient (Wildman–Crippen LogP) is 2.01. The van der Waals surface area contributed by atoms with Crippen molar-refractivity contribution in [3.63, 3.8) is 0 Å². The highest BCUT2D eigenvalue weighted by molar-refractivity contribution is 7.78. The maximum Gasteiger partial charge on any atom is 0.165 e. The number of piperidine rings is 1. The molecule has 4 rings (SSSR count). The van der Waals surface area contributed by atoms with E-state index in [1.165, 1.54) is 18.5 Å². The van der Waals surface area contributed by atoms with Crippen LogP contribution in [-0.2, 0) is 16.8 Å². The Balaban J connectivity index is 1.63. The molecule has 1 atom stereocenters. The number of aromatic nitrogens is 4. The summed E-state index contributed by atoms with van der Waals surface area (Å²) in [5.74, 6) is -0.371. The fourth-order valence-electron chi connectivity index (χ4n) is 3.31. The first-order valence-corrected chi connectivity index (χ1v) is 9.86. The second kappa shape index (κ2) is 7.67. The fraction of sp³-hybridized carbons (Fsp3) is 0.353. The molecule has 2 aromatic heterocycles. The van der Waals surface area contributed by atoms with Crippen LogP contribution in [-0.4, -0.2) is 41.4 Å². The number of nitrogens with zero attached hydrogens (tertiary/aromatic N) is 4. The number of rotatable bonds is 5. The van der Waals surface area contributed by atoms with E-state index in [0.717, 1.165) is 25.9 Å². The Morgan fingerprint density at radius 3 is 2.85 bits per heavy atom. The third-order valence-corrected chi connectivity index (χ3v) is 5.20. The van der Waals surface area contributed by atoms with Crippen LogP contribution < -0.4 is 10.6 Å². The van der Waals surface area contributed by atoms with Gasteiger partial charge in [0.05, 0.1) is 12.0 Å². The number of imidazole rings is 1. The molecule has 1 aliphatic heterocycles. The third kappa shape index (κ3) is 3.82. The summed E-state index contributed by atoms with van der Waals surface area (Å²) in [6.45, 7) is 1.90. The second-order valence-corrected chi connectivity index (χ2v) is 7.31. The van der Waals surface area contributed by atoms with E-state index in [0.29, 0.717) is 28.6 Å². The smallest absolute Gasteiger partial charge is 0.165 e. The van der Waals surface area contributed by atoms with Crippen molar-refractivity contribution in [3.05, 3.63) is 42.2 Å². The molecule has 27 heavy (non-hydrogen) atoms. The van der Waals surface area contributed by atoms with Crippen molar-refractivity contribution in [3.8, 4) is 0 Å². The van der Waals surface area contributed by atoms with E-state index in [9.17, 15) is 13.2 Å². The lowest BCUT2D eigenvalue weighted by Crippen LogP contribution is -2.29. The Bertz CT molecular complexity index is 989. The molecule has 1 fully saturated rings. The van der Waals surface area contributed by atoms with Gasteiger partial charge in [-0.1, -0.05) is 17.1 Å². The highest BCUT2D eigenvalue weighted by atomic mass is 32.2. The molecule has 0 bridgehead atoms. The molecule has 1 unspecified atom stereocenters. The molecule has 0 aliphatic carbocycles. The van der Waals surface area contributed by atoms with Gasteiger partial charge in [0.15, 0.2) is 17.0 Å². The van der Waals surface area contributed by atoms with Crippen LogP contribution in [0.2, 0.25) is 0 Å². The summed E-state index contributed by atoms with van der Waals surface area (Å²) in [7, 11) is 0. The Hall–Kier alpha value is -2.43. The van der Waals surface area contributed by atoms with Crippen LogP contribution in [0.3, 0.4) is 0 Å². The normalized spacial score (nSPS) is 16.5. The molecule has 142 valence electrons. The molecule has 0 radical (unpaired) electrons. The van der Waals surface area contributed by atoms with Crippen molar-refractivity contribution < 1.29 is 13.2 Å². The van der Waals surface area contributed by atoms with Crippen LogP contribution in [0.25, 0.3) is 11.2 Å². The summed E-state index contributed by atoms with van der Waals surface area (Å²) in [4.78, 5) is 13.0. The molecule has 10 heteroatoms. The van der Waals surface area contributed by atoms with E-state index < -0.39 is 16.9 Å². The Morgan fingerprint density at radius 2 is 2.11 bits per heavy atom. The van der Waals surface area contributed by atoms with Gasteiger partial charge in [-0.05, 0) is 43.6 Å². The zero-order chi connectivity index (χ0) is 18.8. The van der Waals surface area contributed by atoms with Crippen LogP contribution in [0.4, 0.5) is 15.9 Å². The van der Waals surface area contributed by atoms with Gasteiger partial charge >= 0.3 is 0 Å². The van der Waals surface area contributed by atoms with Gasteiger partial charge in [0.25, 0.3) is 0 Å². The highest BCUT2D eigenvalue weighted by Crippen LogP contribution is 2.28. The van der Waals surface area contributed by atoms with E-state index in [4.69, 9.17) is 0 Å². The maximum atomic E-state index is 14.3. The summed E-state index contributed by atoms with van der Waals surface area (Å²) in [5, 5.41) is 6.28. The van der Waals surface area contributed by atoms with Crippen molar-refractivity contribution in [2.24, 2.45) is 0 Å². The van der Waals surface area contributed by atoms with E-state index in [-0.39, 0.29) is 11.4 Å².